The van der Waals surface area contributed by atoms with Crippen LogP contribution in [0.25, 0.3) is 22.6 Å². The minimum atomic E-state index is -0.389. The summed E-state index contributed by atoms with van der Waals surface area (Å²) in [7, 11) is 0. The van der Waals surface area contributed by atoms with Gasteiger partial charge in [-0.05, 0) is 43.3 Å². The quantitative estimate of drug-likeness (QED) is 0.566. The van der Waals surface area contributed by atoms with Crippen LogP contribution in [0, 0.1) is 19.7 Å². The first-order chi connectivity index (χ1) is 13.5. The van der Waals surface area contributed by atoms with E-state index in [0.717, 1.165) is 0 Å². The molecular weight excluding hydrogens is 363 g/mol. The van der Waals surface area contributed by atoms with Gasteiger partial charge in [0.15, 0.2) is 0 Å². The fourth-order valence-electron chi connectivity index (χ4n) is 2.79. The van der Waals surface area contributed by atoms with Gasteiger partial charge in [0.05, 0.1) is 0 Å². The number of anilines is 1. The summed E-state index contributed by atoms with van der Waals surface area (Å²) >= 11 is 0. The molecule has 0 aliphatic heterocycles. The number of carbonyl (C=O) groups excluding carboxylic acids is 1. The molecule has 0 atom stereocenters. The summed E-state index contributed by atoms with van der Waals surface area (Å²) in [5, 5.41) is 10.7. The number of benzene rings is 2. The first-order valence-electron chi connectivity index (χ1n) is 8.45. The predicted octanol–water partition coefficient (Wildman–Crippen LogP) is 4.40. The molecule has 7 nitrogen and oxygen atoms in total. The van der Waals surface area contributed by atoms with Crippen molar-refractivity contribution >= 4 is 11.6 Å². The van der Waals surface area contributed by atoms with E-state index in [0.29, 0.717) is 40.0 Å². The fraction of sp³-hybridized carbons (Fsp3) is 0.100. The molecule has 4 rings (SSSR count). The van der Waals surface area contributed by atoms with Crippen LogP contribution in [-0.2, 0) is 0 Å². The monoisotopic (exact) mass is 378 g/mol. The molecule has 1 amide bonds. The summed E-state index contributed by atoms with van der Waals surface area (Å²) in [6, 6.07) is 12.8. The summed E-state index contributed by atoms with van der Waals surface area (Å²) in [6.07, 6.45) is 0. The summed E-state index contributed by atoms with van der Waals surface area (Å²) in [6.45, 7) is 3.35. The Kier molecular flexibility index (Phi) is 4.44. The molecule has 0 aliphatic carbocycles. The Bertz CT molecular complexity index is 1150. The summed E-state index contributed by atoms with van der Waals surface area (Å²) in [5.41, 5.74) is 2.47. The van der Waals surface area contributed by atoms with E-state index in [-0.39, 0.29) is 17.3 Å². The number of halogens is 1. The molecule has 8 heteroatoms. The first-order valence-corrected chi connectivity index (χ1v) is 8.45. The van der Waals surface area contributed by atoms with E-state index in [1.165, 1.54) is 12.1 Å². The standard InChI is InChI=1S/C20H15FN4O3/c1-11-17(18(24-27-11)13-6-8-15(21)9-7-13)20(26)23-16-5-3-4-14(10-16)19-22-12(2)28-25-19/h3-10H,1-2H3,(H,23,26). The van der Waals surface area contributed by atoms with E-state index in [1.807, 2.05) is 6.07 Å². The first kappa shape index (κ1) is 17.6. The molecule has 0 saturated carbocycles. The van der Waals surface area contributed by atoms with Gasteiger partial charge in [0.1, 0.15) is 22.8 Å². The van der Waals surface area contributed by atoms with Crippen molar-refractivity contribution in [1.29, 1.82) is 0 Å². The highest BCUT2D eigenvalue weighted by Gasteiger charge is 2.22. The third-order valence-electron chi connectivity index (χ3n) is 4.11. The molecule has 2 aromatic carbocycles. The molecule has 0 radical (unpaired) electrons. The Balaban J connectivity index is 1.63. The molecule has 0 aliphatic rings. The van der Waals surface area contributed by atoms with Gasteiger partial charge in [-0.3, -0.25) is 4.79 Å². The summed E-state index contributed by atoms with van der Waals surface area (Å²) in [4.78, 5) is 17.1. The SMILES string of the molecule is Cc1nc(-c2cccc(NC(=O)c3c(-c4ccc(F)cc4)noc3C)c2)no1. The normalized spacial score (nSPS) is 10.8. The molecule has 0 unspecified atom stereocenters. The number of nitrogens with one attached hydrogen (secondary N) is 1. The Labute approximate surface area is 159 Å². The number of amides is 1. The van der Waals surface area contributed by atoms with Crippen molar-refractivity contribution in [3.8, 4) is 22.6 Å². The predicted molar refractivity (Wildman–Crippen MR) is 99.1 cm³/mol. The zero-order valence-electron chi connectivity index (χ0n) is 15.1. The molecule has 140 valence electrons. The van der Waals surface area contributed by atoms with Crippen molar-refractivity contribution in [1.82, 2.24) is 15.3 Å². The highest BCUT2D eigenvalue weighted by molar-refractivity contribution is 6.08. The van der Waals surface area contributed by atoms with Crippen molar-refractivity contribution in [3.63, 3.8) is 0 Å². The van der Waals surface area contributed by atoms with Gasteiger partial charge in [0.25, 0.3) is 5.91 Å². The topological polar surface area (TPSA) is 94.1 Å². The van der Waals surface area contributed by atoms with Crippen LogP contribution in [0.3, 0.4) is 0 Å². The van der Waals surface area contributed by atoms with Gasteiger partial charge in [-0.15, -0.1) is 0 Å². The highest BCUT2D eigenvalue weighted by Crippen LogP contribution is 2.27. The zero-order valence-corrected chi connectivity index (χ0v) is 15.1. The molecule has 2 heterocycles. The van der Waals surface area contributed by atoms with E-state index in [1.54, 1.807) is 44.2 Å². The van der Waals surface area contributed by atoms with E-state index in [9.17, 15) is 9.18 Å². The minimum absolute atomic E-state index is 0.285. The molecule has 1 N–H and O–H groups in total. The Morgan fingerprint density at radius 2 is 1.79 bits per heavy atom. The van der Waals surface area contributed by atoms with Crippen LogP contribution >= 0.6 is 0 Å². The number of aromatic nitrogens is 3. The number of hydrogen-bond donors (Lipinski definition) is 1. The lowest BCUT2D eigenvalue weighted by Crippen LogP contribution is -2.13. The van der Waals surface area contributed by atoms with Crippen LogP contribution in [0.2, 0.25) is 0 Å². The number of hydrogen-bond acceptors (Lipinski definition) is 6. The lowest BCUT2D eigenvalue weighted by Gasteiger charge is -2.07. The number of rotatable bonds is 4. The second-order valence-corrected chi connectivity index (χ2v) is 6.14. The van der Waals surface area contributed by atoms with E-state index >= 15 is 0 Å². The van der Waals surface area contributed by atoms with Crippen molar-refractivity contribution in [3.05, 3.63) is 71.6 Å². The van der Waals surface area contributed by atoms with Gasteiger partial charge in [-0.25, -0.2) is 4.39 Å². The molecule has 0 spiro atoms. The van der Waals surface area contributed by atoms with E-state index in [2.05, 4.69) is 20.6 Å². The number of aryl methyl sites for hydroxylation is 2. The van der Waals surface area contributed by atoms with Gasteiger partial charge < -0.3 is 14.4 Å². The van der Waals surface area contributed by atoms with Gasteiger partial charge in [0, 0.05) is 23.7 Å². The van der Waals surface area contributed by atoms with Crippen LogP contribution in [0.5, 0.6) is 0 Å². The Morgan fingerprint density at radius 3 is 2.50 bits per heavy atom. The lowest BCUT2D eigenvalue weighted by molar-refractivity contribution is 0.102. The minimum Gasteiger partial charge on any atom is -0.360 e. The van der Waals surface area contributed by atoms with Gasteiger partial charge in [0.2, 0.25) is 11.7 Å². The van der Waals surface area contributed by atoms with Gasteiger partial charge in [-0.2, -0.15) is 4.98 Å². The molecule has 0 saturated heterocycles. The maximum atomic E-state index is 13.2. The molecule has 28 heavy (non-hydrogen) atoms. The van der Waals surface area contributed by atoms with Gasteiger partial charge in [-0.1, -0.05) is 22.4 Å². The van der Waals surface area contributed by atoms with Crippen molar-refractivity contribution in [2.75, 3.05) is 5.32 Å². The third kappa shape index (κ3) is 3.39. The maximum absolute atomic E-state index is 13.2. The Morgan fingerprint density at radius 1 is 1.00 bits per heavy atom. The lowest BCUT2D eigenvalue weighted by atomic mass is 10.1. The second-order valence-electron chi connectivity index (χ2n) is 6.14. The molecule has 2 aromatic heterocycles. The molecule has 4 aromatic rings. The van der Waals surface area contributed by atoms with Crippen LogP contribution in [0.15, 0.2) is 57.6 Å². The van der Waals surface area contributed by atoms with Crippen molar-refractivity contribution in [2.45, 2.75) is 13.8 Å². The number of carbonyl (C=O) groups is 1. The smallest absolute Gasteiger partial charge is 0.261 e. The average molecular weight is 378 g/mol. The largest absolute Gasteiger partial charge is 0.360 e. The van der Waals surface area contributed by atoms with E-state index in [4.69, 9.17) is 9.05 Å². The molecule has 0 fully saturated rings. The third-order valence-corrected chi connectivity index (χ3v) is 4.11. The number of nitrogens with zero attached hydrogens (tertiary/aromatic N) is 3. The highest BCUT2D eigenvalue weighted by atomic mass is 19.1. The van der Waals surface area contributed by atoms with Crippen LogP contribution < -0.4 is 5.32 Å². The van der Waals surface area contributed by atoms with Crippen LogP contribution in [0.4, 0.5) is 10.1 Å². The Hall–Kier alpha value is -3.81. The van der Waals surface area contributed by atoms with Crippen LogP contribution in [0.1, 0.15) is 22.0 Å². The summed E-state index contributed by atoms with van der Waals surface area (Å²) in [5.74, 6) is 0.486. The zero-order chi connectivity index (χ0) is 19.7. The fourth-order valence-corrected chi connectivity index (χ4v) is 2.79. The maximum Gasteiger partial charge on any atom is 0.261 e. The average Bonchev–Trinajstić information content (AvgIpc) is 3.28. The molecule has 0 bridgehead atoms. The van der Waals surface area contributed by atoms with Crippen LogP contribution in [-0.4, -0.2) is 21.2 Å². The summed E-state index contributed by atoms with van der Waals surface area (Å²) < 4.78 is 23.4. The second kappa shape index (κ2) is 7.07. The van der Waals surface area contributed by atoms with Crippen molar-refractivity contribution < 1.29 is 18.2 Å². The molecular formula is C20H15FN4O3. The van der Waals surface area contributed by atoms with Crippen molar-refractivity contribution in [2.24, 2.45) is 0 Å². The van der Waals surface area contributed by atoms with Gasteiger partial charge >= 0.3 is 0 Å². The van der Waals surface area contributed by atoms with E-state index < -0.39 is 0 Å².